The molecule has 0 aliphatic rings. The molecule has 1 unspecified atom stereocenters. The first-order chi connectivity index (χ1) is 9.07. The fourth-order valence-electron chi connectivity index (χ4n) is 1.94. The summed E-state index contributed by atoms with van der Waals surface area (Å²) in [4.78, 5) is 0. The molecular formula is C17H25F3O. The second-order valence-corrected chi connectivity index (χ2v) is 7.87. The van der Waals surface area contributed by atoms with Crippen LogP contribution in [0, 0.1) is 0 Å². The molecule has 1 aromatic rings. The average molecular weight is 302 g/mol. The van der Waals surface area contributed by atoms with E-state index in [0.717, 1.165) is 18.1 Å². The molecular weight excluding hydrogens is 277 g/mol. The first-order valence-corrected chi connectivity index (χ1v) is 7.02. The molecule has 0 heterocycles. The first-order valence-electron chi connectivity index (χ1n) is 7.02. The highest BCUT2D eigenvalue weighted by Gasteiger charge is 2.51. The monoisotopic (exact) mass is 302 g/mol. The third-order valence-corrected chi connectivity index (χ3v) is 3.78. The summed E-state index contributed by atoms with van der Waals surface area (Å²) >= 11 is 0. The molecule has 1 aromatic carbocycles. The minimum Gasteiger partial charge on any atom is -0.376 e. The smallest absolute Gasteiger partial charge is 0.376 e. The molecule has 0 bridgehead atoms. The zero-order valence-electron chi connectivity index (χ0n) is 13.8. The van der Waals surface area contributed by atoms with Gasteiger partial charge in [-0.15, -0.1) is 0 Å². The van der Waals surface area contributed by atoms with E-state index in [1.54, 1.807) is 0 Å². The summed E-state index contributed by atoms with van der Waals surface area (Å²) in [6.45, 7) is 12.5. The van der Waals surface area contributed by atoms with Crippen molar-refractivity contribution in [1.82, 2.24) is 0 Å². The van der Waals surface area contributed by atoms with Gasteiger partial charge in [0, 0.05) is 0 Å². The van der Waals surface area contributed by atoms with E-state index in [2.05, 4.69) is 0 Å². The molecule has 0 aliphatic heterocycles. The van der Waals surface area contributed by atoms with E-state index < -0.39 is 11.8 Å². The SMILES string of the molecule is CC(C)(C)c1cc(C(C)(C)C)cc(C(C)(O)C(F)(F)F)c1. The summed E-state index contributed by atoms with van der Waals surface area (Å²) in [5.74, 6) is 0. The predicted molar refractivity (Wildman–Crippen MR) is 79.5 cm³/mol. The minimum absolute atomic E-state index is 0.104. The Labute approximate surface area is 125 Å². The molecule has 1 rings (SSSR count). The Hall–Kier alpha value is -1.03. The maximum absolute atomic E-state index is 13.1. The van der Waals surface area contributed by atoms with Gasteiger partial charge in [-0.1, -0.05) is 59.7 Å². The van der Waals surface area contributed by atoms with E-state index in [1.165, 1.54) is 12.1 Å². The number of alkyl halides is 3. The number of benzene rings is 1. The fraction of sp³-hybridized carbons (Fsp3) is 0.647. The van der Waals surface area contributed by atoms with E-state index in [0.29, 0.717) is 0 Å². The van der Waals surface area contributed by atoms with E-state index in [4.69, 9.17) is 0 Å². The van der Waals surface area contributed by atoms with Crippen molar-refractivity contribution in [3.63, 3.8) is 0 Å². The van der Waals surface area contributed by atoms with Gasteiger partial charge in [0.25, 0.3) is 0 Å². The summed E-state index contributed by atoms with van der Waals surface area (Å²) in [5.41, 5.74) is -1.97. The minimum atomic E-state index is -4.71. The predicted octanol–water partition coefficient (Wildman–Crippen LogP) is 5.05. The lowest BCUT2D eigenvalue weighted by Gasteiger charge is -2.31. The third kappa shape index (κ3) is 3.79. The van der Waals surface area contributed by atoms with Gasteiger partial charge in [0.15, 0.2) is 5.60 Å². The zero-order valence-corrected chi connectivity index (χ0v) is 13.8. The first kappa shape index (κ1) is 18.0. The largest absolute Gasteiger partial charge is 0.421 e. The molecule has 0 spiro atoms. The second kappa shape index (κ2) is 5.01. The molecule has 0 fully saturated rings. The molecule has 1 N–H and O–H groups in total. The molecule has 1 nitrogen and oxygen atoms in total. The van der Waals surface area contributed by atoms with Gasteiger partial charge < -0.3 is 5.11 Å². The van der Waals surface area contributed by atoms with Gasteiger partial charge in [0.2, 0.25) is 0 Å². The molecule has 0 amide bonds. The normalized spacial score (nSPS) is 16.7. The van der Waals surface area contributed by atoms with Crippen LogP contribution in [0.5, 0.6) is 0 Å². The average Bonchev–Trinajstić information content (AvgIpc) is 2.24. The van der Waals surface area contributed by atoms with E-state index >= 15 is 0 Å². The molecule has 0 saturated heterocycles. The van der Waals surface area contributed by atoms with E-state index in [-0.39, 0.29) is 16.4 Å². The van der Waals surface area contributed by atoms with Crippen LogP contribution >= 0.6 is 0 Å². The van der Waals surface area contributed by atoms with Crippen molar-refractivity contribution in [2.24, 2.45) is 0 Å². The maximum atomic E-state index is 13.1. The molecule has 0 aliphatic carbocycles. The van der Waals surface area contributed by atoms with Crippen LogP contribution in [0.4, 0.5) is 13.2 Å². The molecule has 21 heavy (non-hydrogen) atoms. The number of hydrogen-bond acceptors (Lipinski definition) is 1. The van der Waals surface area contributed by atoms with Crippen LogP contribution in [0.3, 0.4) is 0 Å². The Balaban J connectivity index is 3.61. The van der Waals surface area contributed by atoms with Crippen LogP contribution < -0.4 is 0 Å². The summed E-state index contributed by atoms with van der Waals surface area (Å²) in [6.07, 6.45) is -4.71. The molecule has 0 radical (unpaired) electrons. The molecule has 4 heteroatoms. The van der Waals surface area contributed by atoms with Crippen molar-refractivity contribution in [3.05, 3.63) is 34.9 Å². The lowest BCUT2D eigenvalue weighted by Crippen LogP contribution is -2.39. The van der Waals surface area contributed by atoms with Crippen LogP contribution in [0.2, 0.25) is 0 Å². The maximum Gasteiger partial charge on any atom is 0.421 e. The van der Waals surface area contributed by atoms with Crippen LogP contribution in [-0.2, 0) is 16.4 Å². The molecule has 120 valence electrons. The Morgan fingerprint density at radius 2 is 0.952 bits per heavy atom. The van der Waals surface area contributed by atoms with E-state index in [9.17, 15) is 18.3 Å². The van der Waals surface area contributed by atoms with E-state index in [1.807, 2.05) is 47.6 Å². The van der Waals surface area contributed by atoms with Crippen LogP contribution in [-0.4, -0.2) is 11.3 Å². The topological polar surface area (TPSA) is 20.2 Å². The number of hydrogen-bond donors (Lipinski definition) is 1. The Kier molecular flexibility index (Phi) is 4.30. The van der Waals surface area contributed by atoms with Gasteiger partial charge in [-0.05, 0) is 34.4 Å². The molecule has 1 atom stereocenters. The summed E-state index contributed by atoms with van der Waals surface area (Å²) in [6, 6.07) is 4.85. The van der Waals surface area contributed by atoms with Gasteiger partial charge in [-0.25, -0.2) is 0 Å². The van der Waals surface area contributed by atoms with Crippen molar-refractivity contribution >= 4 is 0 Å². The standard InChI is InChI=1S/C17H25F3O/c1-14(2,3)11-8-12(15(4,5)6)10-13(9-11)16(7,21)17(18,19)20/h8-10,21H,1-7H3. The highest BCUT2D eigenvalue weighted by atomic mass is 19.4. The van der Waals surface area contributed by atoms with Gasteiger partial charge in [-0.2, -0.15) is 13.2 Å². The highest BCUT2D eigenvalue weighted by molar-refractivity contribution is 5.40. The van der Waals surface area contributed by atoms with Gasteiger partial charge in [-0.3, -0.25) is 0 Å². The Morgan fingerprint density at radius 1 is 0.667 bits per heavy atom. The number of aliphatic hydroxyl groups is 1. The Morgan fingerprint density at radius 3 is 1.19 bits per heavy atom. The van der Waals surface area contributed by atoms with Gasteiger partial charge in [0.1, 0.15) is 0 Å². The van der Waals surface area contributed by atoms with Crippen LogP contribution in [0.15, 0.2) is 18.2 Å². The van der Waals surface area contributed by atoms with Crippen molar-refractivity contribution in [2.75, 3.05) is 0 Å². The van der Waals surface area contributed by atoms with Crippen LogP contribution in [0.25, 0.3) is 0 Å². The summed E-state index contributed by atoms with van der Waals surface area (Å²) < 4.78 is 39.4. The summed E-state index contributed by atoms with van der Waals surface area (Å²) in [7, 11) is 0. The van der Waals surface area contributed by atoms with Crippen molar-refractivity contribution in [2.45, 2.75) is 71.1 Å². The lowest BCUT2D eigenvalue weighted by atomic mass is 9.77. The van der Waals surface area contributed by atoms with Crippen molar-refractivity contribution in [3.8, 4) is 0 Å². The van der Waals surface area contributed by atoms with Crippen LogP contribution in [0.1, 0.15) is 65.2 Å². The highest BCUT2D eigenvalue weighted by Crippen LogP contribution is 2.41. The zero-order chi connectivity index (χ0) is 16.9. The van der Waals surface area contributed by atoms with Gasteiger partial charge >= 0.3 is 6.18 Å². The quantitative estimate of drug-likeness (QED) is 0.769. The molecule has 0 saturated carbocycles. The second-order valence-electron chi connectivity index (χ2n) is 7.87. The lowest BCUT2D eigenvalue weighted by molar-refractivity contribution is -0.258. The fourth-order valence-corrected chi connectivity index (χ4v) is 1.94. The molecule has 0 aromatic heterocycles. The van der Waals surface area contributed by atoms with Crippen molar-refractivity contribution < 1.29 is 18.3 Å². The number of rotatable bonds is 1. The Bertz CT molecular complexity index is 482. The third-order valence-electron chi connectivity index (χ3n) is 3.78. The van der Waals surface area contributed by atoms with Gasteiger partial charge in [0.05, 0.1) is 0 Å². The van der Waals surface area contributed by atoms with Crippen molar-refractivity contribution in [1.29, 1.82) is 0 Å². The number of halogens is 3. The summed E-state index contributed by atoms with van der Waals surface area (Å²) in [5, 5.41) is 9.98.